The monoisotopic (exact) mass is 221 g/mol. The summed E-state index contributed by atoms with van der Waals surface area (Å²) in [6.07, 6.45) is -4.45. The molecule has 2 rings (SSSR count). The second-order valence-electron chi connectivity index (χ2n) is 2.65. The first kappa shape index (κ1) is 9.33. The zero-order chi connectivity index (χ0) is 10.3. The number of hydrogen-bond acceptors (Lipinski definition) is 2. The number of rotatable bonds is 0. The SMILES string of the molecule is FC(F)(F)c1cccc2onc(Cl)c12. The molecule has 0 saturated heterocycles. The van der Waals surface area contributed by atoms with Gasteiger partial charge in [-0.3, -0.25) is 0 Å². The lowest BCUT2D eigenvalue weighted by Crippen LogP contribution is -2.04. The minimum Gasteiger partial charge on any atom is -0.355 e. The van der Waals surface area contributed by atoms with Crippen molar-refractivity contribution in [2.75, 3.05) is 0 Å². The van der Waals surface area contributed by atoms with Gasteiger partial charge in [0.05, 0.1) is 10.9 Å². The molecule has 2 aromatic rings. The van der Waals surface area contributed by atoms with Crippen LogP contribution in [0.25, 0.3) is 11.0 Å². The first-order valence-corrected chi connectivity index (χ1v) is 3.99. The molecule has 0 aliphatic rings. The Bertz CT molecular complexity index is 477. The average molecular weight is 222 g/mol. The predicted octanol–water partition coefficient (Wildman–Crippen LogP) is 3.50. The maximum absolute atomic E-state index is 12.4. The summed E-state index contributed by atoms with van der Waals surface area (Å²) in [6, 6.07) is 3.56. The number of nitrogens with zero attached hydrogens (tertiary/aromatic N) is 1. The van der Waals surface area contributed by atoms with Crippen molar-refractivity contribution in [3.05, 3.63) is 28.9 Å². The molecule has 0 N–H and O–H groups in total. The molecule has 2 nitrogen and oxygen atoms in total. The van der Waals surface area contributed by atoms with Crippen LogP contribution in [-0.2, 0) is 6.18 Å². The van der Waals surface area contributed by atoms with E-state index in [1.165, 1.54) is 12.1 Å². The molecule has 0 radical (unpaired) electrons. The van der Waals surface area contributed by atoms with Crippen molar-refractivity contribution in [1.82, 2.24) is 5.16 Å². The molecule has 0 bridgehead atoms. The molecule has 0 unspecified atom stereocenters. The number of halogens is 4. The van der Waals surface area contributed by atoms with E-state index in [1.54, 1.807) is 0 Å². The highest BCUT2D eigenvalue weighted by molar-refractivity contribution is 6.34. The number of aromatic nitrogens is 1. The summed E-state index contributed by atoms with van der Waals surface area (Å²) in [6.45, 7) is 0. The second-order valence-corrected chi connectivity index (χ2v) is 3.01. The van der Waals surface area contributed by atoms with Gasteiger partial charge >= 0.3 is 6.18 Å². The molecule has 1 aromatic carbocycles. The largest absolute Gasteiger partial charge is 0.417 e. The van der Waals surface area contributed by atoms with Gasteiger partial charge in [-0.2, -0.15) is 13.2 Å². The van der Waals surface area contributed by atoms with Crippen LogP contribution >= 0.6 is 11.6 Å². The van der Waals surface area contributed by atoms with E-state index in [0.29, 0.717) is 0 Å². The Morgan fingerprint density at radius 2 is 2.00 bits per heavy atom. The summed E-state index contributed by atoms with van der Waals surface area (Å²) in [7, 11) is 0. The molecular weight excluding hydrogens is 219 g/mol. The fraction of sp³-hybridized carbons (Fsp3) is 0.125. The molecule has 0 spiro atoms. The minimum atomic E-state index is -4.45. The maximum Gasteiger partial charge on any atom is 0.417 e. The molecular formula is C8H3ClF3NO. The third kappa shape index (κ3) is 1.33. The van der Waals surface area contributed by atoms with Crippen molar-refractivity contribution < 1.29 is 17.7 Å². The van der Waals surface area contributed by atoms with E-state index >= 15 is 0 Å². The van der Waals surface area contributed by atoms with Gasteiger partial charge in [-0.1, -0.05) is 22.8 Å². The van der Waals surface area contributed by atoms with E-state index in [4.69, 9.17) is 11.6 Å². The smallest absolute Gasteiger partial charge is 0.355 e. The van der Waals surface area contributed by atoms with Gasteiger partial charge in [0.25, 0.3) is 0 Å². The van der Waals surface area contributed by atoms with E-state index in [2.05, 4.69) is 9.68 Å². The van der Waals surface area contributed by atoms with Gasteiger partial charge < -0.3 is 4.52 Å². The number of benzene rings is 1. The van der Waals surface area contributed by atoms with Crippen LogP contribution in [-0.4, -0.2) is 5.16 Å². The topological polar surface area (TPSA) is 26.0 Å². The molecule has 0 amide bonds. The molecule has 14 heavy (non-hydrogen) atoms. The van der Waals surface area contributed by atoms with Gasteiger partial charge in [0.1, 0.15) is 0 Å². The van der Waals surface area contributed by atoms with E-state index in [9.17, 15) is 13.2 Å². The second kappa shape index (κ2) is 2.88. The number of fused-ring (bicyclic) bond motifs is 1. The van der Waals surface area contributed by atoms with Gasteiger partial charge in [0.2, 0.25) is 0 Å². The molecule has 0 fully saturated rings. The van der Waals surface area contributed by atoms with Crippen molar-refractivity contribution in [1.29, 1.82) is 0 Å². The Morgan fingerprint density at radius 1 is 1.29 bits per heavy atom. The molecule has 1 heterocycles. The fourth-order valence-electron chi connectivity index (χ4n) is 1.19. The van der Waals surface area contributed by atoms with Crippen LogP contribution in [0.1, 0.15) is 5.56 Å². The minimum absolute atomic E-state index is 0.0322. The molecule has 1 aromatic heterocycles. The summed E-state index contributed by atoms with van der Waals surface area (Å²) in [5, 5.41) is 2.80. The van der Waals surface area contributed by atoms with Crippen molar-refractivity contribution in [3.63, 3.8) is 0 Å². The highest BCUT2D eigenvalue weighted by Gasteiger charge is 2.34. The fourth-order valence-corrected chi connectivity index (χ4v) is 1.42. The lowest BCUT2D eigenvalue weighted by atomic mass is 10.1. The lowest BCUT2D eigenvalue weighted by Gasteiger charge is -2.06. The Kier molecular flexibility index (Phi) is 1.92. The van der Waals surface area contributed by atoms with E-state index in [-0.39, 0.29) is 16.1 Å². The van der Waals surface area contributed by atoms with E-state index < -0.39 is 11.7 Å². The van der Waals surface area contributed by atoms with Gasteiger partial charge in [-0.15, -0.1) is 0 Å². The van der Waals surface area contributed by atoms with Gasteiger partial charge in [0, 0.05) is 0 Å². The lowest BCUT2D eigenvalue weighted by molar-refractivity contribution is -0.136. The van der Waals surface area contributed by atoms with Crippen LogP contribution in [0.2, 0.25) is 5.15 Å². The van der Waals surface area contributed by atoms with Crippen LogP contribution in [0, 0.1) is 0 Å². The molecule has 0 saturated carbocycles. The predicted molar refractivity (Wildman–Crippen MR) is 44.0 cm³/mol. The molecule has 6 heteroatoms. The summed E-state index contributed by atoms with van der Waals surface area (Å²) in [5.74, 6) is 0. The Morgan fingerprint density at radius 3 is 2.64 bits per heavy atom. The summed E-state index contributed by atoms with van der Waals surface area (Å²) < 4.78 is 41.9. The number of alkyl halides is 3. The molecule has 0 aliphatic heterocycles. The maximum atomic E-state index is 12.4. The normalized spacial score (nSPS) is 12.3. The van der Waals surface area contributed by atoms with E-state index in [1.807, 2.05) is 0 Å². The van der Waals surface area contributed by atoms with Crippen LogP contribution < -0.4 is 0 Å². The van der Waals surface area contributed by atoms with Crippen molar-refractivity contribution in [2.45, 2.75) is 6.18 Å². The van der Waals surface area contributed by atoms with Crippen LogP contribution in [0.15, 0.2) is 22.7 Å². The quantitative estimate of drug-likeness (QED) is 0.681. The first-order chi connectivity index (χ1) is 6.50. The third-order valence-electron chi connectivity index (χ3n) is 1.76. The van der Waals surface area contributed by atoms with Crippen molar-refractivity contribution >= 4 is 22.6 Å². The van der Waals surface area contributed by atoms with Crippen molar-refractivity contribution in [2.24, 2.45) is 0 Å². The van der Waals surface area contributed by atoms with Crippen molar-refractivity contribution in [3.8, 4) is 0 Å². The van der Waals surface area contributed by atoms with Crippen LogP contribution in [0.4, 0.5) is 13.2 Å². The zero-order valence-electron chi connectivity index (χ0n) is 6.60. The average Bonchev–Trinajstić information content (AvgIpc) is 2.46. The summed E-state index contributed by atoms with van der Waals surface area (Å²) >= 11 is 5.48. The summed E-state index contributed by atoms with van der Waals surface area (Å²) in [5.41, 5.74) is -0.800. The third-order valence-corrected chi connectivity index (χ3v) is 2.02. The first-order valence-electron chi connectivity index (χ1n) is 3.61. The standard InChI is InChI=1S/C8H3ClF3NO/c9-7-6-4(8(10,11)12)2-1-3-5(6)14-13-7/h1-3H. The van der Waals surface area contributed by atoms with Gasteiger partial charge in [0.15, 0.2) is 10.7 Å². The van der Waals surface area contributed by atoms with Gasteiger partial charge in [-0.05, 0) is 12.1 Å². The Balaban J connectivity index is 2.82. The summed E-state index contributed by atoms with van der Waals surface area (Å²) in [4.78, 5) is 0. The molecule has 0 atom stereocenters. The highest BCUT2D eigenvalue weighted by Crippen LogP contribution is 2.37. The van der Waals surface area contributed by atoms with Gasteiger partial charge in [-0.25, -0.2) is 0 Å². The zero-order valence-corrected chi connectivity index (χ0v) is 7.36. The molecule has 74 valence electrons. The Hall–Kier alpha value is -1.23. The highest BCUT2D eigenvalue weighted by atomic mass is 35.5. The van der Waals surface area contributed by atoms with Crippen LogP contribution in [0.5, 0.6) is 0 Å². The number of hydrogen-bond donors (Lipinski definition) is 0. The van der Waals surface area contributed by atoms with E-state index in [0.717, 1.165) is 6.07 Å². The Labute approximate surface area is 81.2 Å². The molecule has 0 aliphatic carbocycles. The van der Waals surface area contributed by atoms with Crippen LogP contribution in [0.3, 0.4) is 0 Å².